The fraction of sp³-hybridized carbons (Fsp3) is 0.167. The van der Waals surface area contributed by atoms with Crippen LogP contribution in [-0.4, -0.2) is 5.51 Å². The third kappa shape index (κ3) is 4.50. The number of hydrogen-bond donors (Lipinski definition) is 1. The van der Waals surface area contributed by atoms with Gasteiger partial charge in [0.2, 0.25) is 0 Å². The summed E-state index contributed by atoms with van der Waals surface area (Å²) in [7, 11) is 0. The monoisotopic (exact) mass is 351 g/mol. The predicted molar refractivity (Wildman–Crippen MR) is 72.1 cm³/mol. The van der Waals surface area contributed by atoms with Gasteiger partial charge in [-0.3, -0.25) is 0 Å². The molecule has 0 unspecified atom stereocenters. The molecule has 1 N–H and O–H groups in total. The summed E-state index contributed by atoms with van der Waals surface area (Å²) < 4.78 is 42.5. The van der Waals surface area contributed by atoms with Crippen LogP contribution < -0.4 is 5.32 Å². The fourth-order valence-corrected chi connectivity index (χ4v) is 2.29. The van der Waals surface area contributed by atoms with Crippen molar-refractivity contribution < 1.29 is 17.6 Å². The van der Waals surface area contributed by atoms with Gasteiger partial charge in [-0.2, -0.15) is 13.2 Å². The molecule has 0 atom stereocenters. The summed E-state index contributed by atoms with van der Waals surface area (Å²) in [4.78, 5) is 0.164. The van der Waals surface area contributed by atoms with Crippen molar-refractivity contribution in [3.05, 3.63) is 46.8 Å². The Morgan fingerprint density at radius 3 is 2.37 bits per heavy atom. The lowest BCUT2D eigenvalue weighted by Crippen LogP contribution is -2.00. The minimum Gasteiger partial charge on any atom is -0.466 e. The maximum Gasteiger partial charge on any atom is 0.446 e. The topological polar surface area (TPSA) is 25.2 Å². The number of nitrogens with one attached hydrogen (secondary N) is 1. The van der Waals surface area contributed by atoms with Crippen molar-refractivity contribution in [3.8, 4) is 0 Å². The molecule has 1 heterocycles. The molecule has 0 saturated heterocycles. The molecule has 1 aromatic carbocycles. The Bertz CT molecular complexity index is 539. The van der Waals surface area contributed by atoms with Gasteiger partial charge in [0.1, 0.15) is 5.76 Å². The highest BCUT2D eigenvalue weighted by molar-refractivity contribution is 9.10. The summed E-state index contributed by atoms with van der Waals surface area (Å²) in [6, 6.07) is 7.84. The number of alkyl halides is 3. The Labute approximate surface area is 120 Å². The van der Waals surface area contributed by atoms with Gasteiger partial charge in [0.05, 0.1) is 17.3 Å². The lowest BCUT2D eigenvalue weighted by Gasteiger charge is -2.08. The molecule has 102 valence electrons. The van der Waals surface area contributed by atoms with Crippen LogP contribution in [0.15, 0.2) is 50.4 Å². The van der Waals surface area contributed by atoms with E-state index in [-0.39, 0.29) is 16.7 Å². The van der Waals surface area contributed by atoms with E-state index in [0.29, 0.717) is 6.54 Å². The largest absolute Gasteiger partial charge is 0.466 e. The van der Waals surface area contributed by atoms with Gasteiger partial charge in [-0.15, -0.1) is 0 Å². The number of furan rings is 1. The van der Waals surface area contributed by atoms with E-state index in [0.717, 1.165) is 15.9 Å². The first-order valence-corrected chi connectivity index (χ1v) is 6.86. The Morgan fingerprint density at radius 2 is 1.84 bits per heavy atom. The van der Waals surface area contributed by atoms with E-state index in [9.17, 15) is 13.2 Å². The van der Waals surface area contributed by atoms with Crippen LogP contribution in [0.25, 0.3) is 0 Å². The Balaban J connectivity index is 1.94. The molecule has 2 nitrogen and oxygen atoms in total. The molecule has 0 aliphatic carbocycles. The third-order valence-corrected chi connectivity index (χ3v) is 3.68. The summed E-state index contributed by atoms with van der Waals surface area (Å²) >= 11 is 3.20. The maximum atomic E-state index is 12.1. The Hall–Kier alpha value is -1.08. The van der Waals surface area contributed by atoms with E-state index < -0.39 is 5.51 Å². The summed E-state index contributed by atoms with van der Waals surface area (Å²) in [5.41, 5.74) is -3.52. The van der Waals surface area contributed by atoms with Gasteiger partial charge in [-0.25, -0.2) is 0 Å². The second kappa shape index (κ2) is 5.92. The van der Waals surface area contributed by atoms with Crippen molar-refractivity contribution >= 4 is 33.4 Å². The van der Waals surface area contributed by atoms with Crippen LogP contribution in [0.1, 0.15) is 5.76 Å². The van der Waals surface area contributed by atoms with Crippen molar-refractivity contribution in [3.63, 3.8) is 0 Å². The zero-order valence-electron chi connectivity index (χ0n) is 9.50. The Kier molecular flexibility index (Phi) is 4.46. The maximum absolute atomic E-state index is 12.1. The van der Waals surface area contributed by atoms with Crippen LogP contribution in [-0.2, 0) is 6.54 Å². The van der Waals surface area contributed by atoms with Gasteiger partial charge in [-0.05, 0) is 58.0 Å². The minimum atomic E-state index is -4.26. The molecular formula is C12H9BrF3NOS. The fourth-order valence-electron chi connectivity index (χ4n) is 1.41. The lowest BCUT2D eigenvalue weighted by atomic mass is 10.3. The first-order chi connectivity index (χ1) is 8.94. The van der Waals surface area contributed by atoms with Gasteiger partial charge in [-0.1, -0.05) is 0 Å². The summed E-state index contributed by atoms with van der Waals surface area (Å²) in [6.07, 6.45) is 1.56. The standard InChI is InChI=1S/C12H9BrF3NOS/c13-10-5-6-18-11(10)7-17-8-1-3-9(4-2-8)19-12(14,15)16/h1-6,17H,7H2. The second-order valence-corrected chi connectivity index (χ2v) is 5.61. The highest BCUT2D eigenvalue weighted by atomic mass is 79.9. The van der Waals surface area contributed by atoms with Gasteiger partial charge >= 0.3 is 5.51 Å². The van der Waals surface area contributed by atoms with Crippen LogP contribution in [0.3, 0.4) is 0 Å². The zero-order valence-corrected chi connectivity index (χ0v) is 11.9. The van der Waals surface area contributed by atoms with Crippen LogP contribution in [0, 0.1) is 0 Å². The van der Waals surface area contributed by atoms with E-state index in [1.807, 2.05) is 0 Å². The normalized spacial score (nSPS) is 11.6. The molecular weight excluding hydrogens is 343 g/mol. The minimum absolute atomic E-state index is 0.126. The quantitative estimate of drug-likeness (QED) is 0.760. The highest BCUT2D eigenvalue weighted by Crippen LogP contribution is 2.37. The summed E-state index contributed by atoms with van der Waals surface area (Å²) in [5, 5.41) is 3.06. The number of anilines is 1. The SMILES string of the molecule is FC(F)(F)Sc1ccc(NCc2occc2Br)cc1. The number of rotatable bonds is 4. The Morgan fingerprint density at radius 1 is 1.16 bits per heavy atom. The molecule has 7 heteroatoms. The molecule has 0 amide bonds. The average Bonchev–Trinajstić information content (AvgIpc) is 2.72. The summed E-state index contributed by atoms with van der Waals surface area (Å²) in [5.74, 6) is 0.730. The molecule has 2 rings (SSSR count). The number of benzene rings is 1. The smallest absolute Gasteiger partial charge is 0.446 e. The highest BCUT2D eigenvalue weighted by Gasteiger charge is 2.28. The lowest BCUT2D eigenvalue weighted by molar-refractivity contribution is -0.0328. The van der Waals surface area contributed by atoms with E-state index in [4.69, 9.17) is 4.42 Å². The van der Waals surface area contributed by atoms with Crippen molar-refractivity contribution in [2.45, 2.75) is 16.9 Å². The second-order valence-electron chi connectivity index (χ2n) is 3.62. The molecule has 0 bridgehead atoms. The van der Waals surface area contributed by atoms with Crippen LogP contribution >= 0.6 is 27.7 Å². The zero-order chi connectivity index (χ0) is 13.9. The third-order valence-electron chi connectivity index (χ3n) is 2.23. The number of thioether (sulfide) groups is 1. The van der Waals surface area contributed by atoms with Crippen molar-refractivity contribution in [1.82, 2.24) is 0 Å². The van der Waals surface area contributed by atoms with Crippen LogP contribution in [0.4, 0.5) is 18.9 Å². The van der Waals surface area contributed by atoms with Gasteiger partial charge in [0.15, 0.2) is 0 Å². The van der Waals surface area contributed by atoms with Crippen LogP contribution in [0.5, 0.6) is 0 Å². The first-order valence-electron chi connectivity index (χ1n) is 5.25. The van der Waals surface area contributed by atoms with E-state index in [2.05, 4.69) is 21.2 Å². The van der Waals surface area contributed by atoms with Crippen molar-refractivity contribution in [2.24, 2.45) is 0 Å². The van der Waals surface area contributed by atoms with E-state index in [1.165, 1.54) is 12.1 Å². The van der Waals surface area contributed by atoms with Gasteiger partial charge in [0.25, 0.3) is 0 Å². The molecule has 1 aromatic heterocycles. The molecule has 0 radical (unpaired) electrons. The summed E-state index contributed by atoms with van der Waals surface area (Å²) in [6.45, 7) is 0.458. The average molecular weight is 352 g/mol. The predicted octanol–water partition coefficient (Wildman–Crippen LogP) is 5.27. The molecule has 2 aromatic rings. The van der Waals surface area contributed by atoms with Crippen molar-refractivity contribution in [1.29, 1.82) is 0 Å². The molecule has 0 fully saturated rings. The van der Waals surface area contributed by atoms with Gasteiger partial charge < -0.3 is 9.73 Å². The number of hydrogen-bond acceptors (Lipinski definition) is 3. The van der Waals surface area contributed by atoms with E-state index in [1.54, 1.807) is 24.5 Å². The van der Waals surface area contributed by atoms with E-state index >= 15 is 0 Å². The van der Waals surface area contributed by atoms with Crippen LogP contribution in [0.2, 0.25) is 0 Å². The molecule has 0 spiro atoms. The van der Waals surface area contributed by atoms with Gasteiger partial charge in [0, 0.05) is 10.6 Å². The first kappa shape index (κ1) is 14.3. The molecule has 0 aliphatic heterocycles. The molecule has 19 heavy (non-hydrogen) atoms. The number of halogens is 4. The van der Waals surface area contributed by atoms with Crippen molar-refractivity contribution in [2.75, 3.05) is 5.32 Å². The molecule has 0 saturated carbocycles. The molecule has 0 aliphatic rings.